The predicted molar refractivity (Wildman–Crippen MR) is 64.1 cm³/mol. The monoisotopic (exact) mass is 278 g/mol. The summed E-state index contributed by atoms with van der Waals surface area (Å²) in [6.07, 6.45) is -4.50. The Morgan fingerprint density at radius 1 is 1.26 bits per heavy atom. The Hall–Kier alpha value is -1.27. The van der Waals surface area contributed by atoms with E-state index >= 15 is 0 Å². The first-order chi connectivity index (χ1) is 8.88. The fourth-order valence-corrected chi connectivity index (χ4v) is 1.40. The van der Waals surface area contributed by atoms with E-state index in [2.05, 4.69) is 4.74 Å². The van der Waals surface area contributed by atoms with Crippen LogP contribution in [-0.4, -0.2) is 31.1 Å². The van der Waals surface area contributed by atoms with Crippen molar-refractivity contribution >= 4 is 0 Å². The second kappa shape index (κ2) is 7.35. The van der Waals surface area contributed by atoms with Crippen LogP contribution in [0.5, 0.6) is 5.75 Å². The molecule has 0 amide bonds. The number of hydrogen-bond donors (Lipinski definition) is 1. The Labute approximate surface area is 110 Å². The molecule has 3 nitrogen and oxygen atoms in total. The zero-order valence-electron chi connectivity index (χ0n) is 10.6. The van der Waals surface area contributed by atoms with Gasteiger partial charge in [0.05, 0.1) is 19.3 Å². The molecular weight excluding hydrogens is 261 g/mol. The van der Waals surface area contributed by atoms with E-state index in [4.69, 9.17) is 4.74 Å². The van der Waals surface area contributed by atoms with Crippen molar-refractivity contribution in [3.05, 3.63) is 29.8 Å². The molecule has 108 valence electrons. The average molecular weight is 278 g/mol. The smallest absolute Gasteiger partial charge is 0.411 e. The molecule has 0 aliphatic heterocycles. The van der Waals surface area contributed by atoms with Crippen molar-refractivity contribution < 1.29 is 27.8 Å². The van der Waals surface area contributed by atoms with E-state index in [1.54, 1.807) is 31.2 Å². The molecule has 19 heavy (non-hydrogen) atoms. The number of rotatable bonds is 7. The zero-order valence-corrected chi connectivity index (χ0v) is 10.6. The number of alkyl halides is 3. The number of ether oxygens (including phenoxy) is 2. The summed E-state index contributed by atoms with van der Waals surface area (Å²) in [5.41, 5.74) is 0.728. The Morgan fingerprint density at radius 3 is 2.63 bits per heavy atom. The van der Waals surface area contributed by atoms with Crippen molar-refractivity contribution in [2.45, 2.75) is 25.6 Å². The van der Waals surface area contributed by atoms with E-state index in [-0.39, 0.29) is 13.2 Å². The summed E-state index contributed by atoms with van der Waals surface area (Å²) >= 11 is 0. The molecular formula is C13H17F3O3. The minimum Gasteiger partial charge on any atom is -0.493 e. The third-order valence-electron chi connectivity index (χ3n) is 2.31. The molecule has 1 N–H and O–H groups in total. The lowest BCUT2D eigenvalue weighted by molar-refractivity contribution is -0.174. The SMILES string of the molecule is C[C@H](O)c1cccc(OCCCOCC(F)(F)F)c1. The molecule has 0 saturated heterocycles. The van der Waals surface area contributed by atoms with Crippen molar-refractivity contribution in [3.63, 3.8) is 0 Å². The first-order valence-corrected chi connectivity index (χ1v) is 5.94. The van der Waals surface area contributed by atoms with E-state index in [0.29, 0.717) is 12.2 Å². The van der Waals surface area contributed by atoms with Gasteiger partial charge in [-0.2, -0.15) is 13.2 Å². The molecule has 0 fully saturated rings. The quantitative estimate of drug-likeness (QED) is 0.779. The Balaban J connectivity index is 2.21. The number of halogens is 3. The van der Waals surface area contributed by atoms with Gasteiger partial charge in [-0.3, -0.25) is 0 Å². The van der Waals surface area contributed by atoms with Crippen LogP contribution in [0.3, 0.4) is 0 Å². The molecule has 0 spiro atoms. The van der Waals surface area contributed by atoms with Gasteiger partial charge in [0.15, 0.2) is 0 Å². The number of aliphatic hydroxyl groups is 1. The highest BCUT2D eigenvalue weighted by Gasteiger charge is 2.27. The lowest BCUT2D eigenvalue weighted by Gasteiger charge is -2.10. The highest BCUT2D eigenvalue weighted by molar-refractivity contribution is 5.29. The average Bonchev–Trinajstić information content (AvgIpc) is 2.32. The van der Waals surface area contributed by atoms with Crippen LogP contribution in [0.4, 0.5) is 13.2 Å². The third-order valence-corrected chi connectivity index (χ3v) is 2.31. The van der Waals surface area contributed by atoms with E-state index in [1.807, 2.05) is 0 Å². The summed E-state index contributed by atoms with van der Waals surface area (Å²) in [5.74, 6) is 0.578. The lowest BCUT2D eigenvalue weighted by Crippen LogP contribution is -2.18. The second-order valence-electron chi connectivity index (χ2n) is 4.12. The van der Waals surface area contributed by atoms with E-state index < -0.39 is 18.9 Å². The molecule has 1 rings (SSSR count). The standard InChI is InChI=1S/C13H17F3O3/c1-10(17)11-4-2-5-12(8-11)19-7-3-6-18-9-13(14,15)16/h2,4-5,8,10,17H,3,6-7,9H2,1H3/t10-/m0/s1. The van der Waals surface area contributed by atoms with Crippen molar-refractivity contribution in [1.82, 2.24) is 0 Å². The van der Waals surface area contributed by atoms with Gasteiger partial charge < -0.3 is 14.6 Å². The molecule has 1 aromatic rings. The van der Waals surface area contributed by atoms with Gasteiger partial charge in [0.1, 0.15) is 12.4 Å². The normalized spacial score (nSPS) is 13.3. The van der Waals surface area contributed by atoms with Gasteiger partial charge in [-0.05, 0) is 24.6 Å². The number of hydrogen-bond acceptors (Lipinski definition) is 3. The van der Waals surface area contributed by atoms with Gasteiger partial charge in [-0.15, -0.1) is 0 Å². The van der Waals surface area contributed by atoms with Crippen LogP contribution in [-0.2, 0) is 4.74 Å². The van der Waals surface area contributed by atoms with Gasteiger partial charge in [0.25, 0.3) is 0 Å². The fourth-order valence-electron chi connectivity index (χ4n) is 1.40. The fraction of sp³-hybridized carbons (Fsp3) is 0.538. The first kappa shape index (κ1) is 15.8. The molecule has 0 unspecified atom stereocenters. The van der Waals surface area contributed by atoms with E-state index in [0.717, 1.165) is 5.56 Å². The van der Waals surface area contributed by atoms with E-state index in [1.165, 1.54) is 0 Å². The van der Waals surface area contributed by atoms with Gasteiger partial charge in [-0.1, -0.05) is 12.1 Å². The van der Waals surface area contributed by atoms with Gasteiger partial charge in [0.2, 0.25) is 0 Å². The topological polar surface area (TPSA) is 38.7 Å². The highest BCUT2D eigenvalue weighted by atomic mass is 19.4. The van der Waals surface area contributed by atoms with Crippen LogP contribution in [0.1, 0.15) is 25.0 Å². The minimum absolute atomic E-state index is 0.00436. The van der Waals surface area contributed by atoms with Crippen LogP contribution in [0.25, 0.3) is 0 Å². The largest absolute Gasteiger partial charge is 0.493 e. The molecule has 0 radical (unpaired) electrons. The molecule has 1 aromatic carbocycles. The molecule has 0 aliphatic rings. The molecule has 0 aromatic heterocycles. The first-order valence-electron chi connectivity index (χ1n) is 5.94. The number of aliphatic hydroxyl groups excluding tert-OH is 1. The Kier molecular flexibility index (Phi) is 6.11. The Bertz CT molecular complexity index is 378. The zero-order chi connectivity index (χ0) is 14.3. The minimum atomic E-state index is -4.29. The summed E-state index contributed by atoms with van der Waals surface area (Å²) < 4.78 is 45.1. The van der Waals surface area contributed by atoms with Crippen LogP contribution >= 0.6 is 0 Å². The van der Waals surface area contributed by atoms with Crippen LogP contribution in [0, 0.1) is 0 Å². The van der Waals surface area contributed by atoms with Crippen LogP contribution in [0.2, 0.25) is 0 Å². The second-order valence-corrected chi connectivity index (χ2v) is 4.12. The van der Waals surface area contributed by atoms with Crippen LogP contribution < -0.4 is 4.74 Å². The predicted octanol–water partition coefficient (Wildman–Crippen LogP) is 3.09. The van der Waals surface area contributed by atoms with Crippen molar-refractivity contribution in [3.8, 4) is 5.75 Å². The molecule has 0 aliphatic carbocycles. The molecule has 0 heterocycles. The summed E-state index contributed by atoms with van der Waals surface area (Å²) in [4.78, 5) is 0. The Morgan fingerprint density at radius 2 is 2.00 bits per heavy atom. The lowest BCUT2D eigenvalue weighted by atomic mass is 10.1. The molecule has 0 bridgehead atoms. The van der Waals surface area contributed by atoms with Crippen molar-refractivity contribution in [2.75, 3.05) is 19.8 Å². The summed E-state index contributed by atoms with van der Waals surface area (Å²) in [6, 6.07) is 6.94. The maximum absolute atomic E-state index is 11.8. The van der Waals surface area contributed by atoms with Crippen molar-refractivity contribution in [1.29, 1.82) is 0 Å². The maximum Gasteiger partial charge on any atom is 0.411 e. The van der Waals surface area contributed by atoms with Gasteiger partial charge in [-0.25, -0.2) is 0 Å². The molecule has 1 atom stereocenters. The molecule has 6 heteroatoms. The summed E-state index contributed by atoms with van der Waals surface area (Å²) in [5, 5.41) is 9.38. The number of benzene rings is 1. The van der Waals surface area contributed by atoms with Gasteiger partial charge >= 0.3 is 6.18 Å². The summed E-state index contributed by atoms with van der Waals surface area (Å²) in [7, 11) is 0. The van der Waals surface area contributed by atoms with Gasteiger partial charge in [0, 0.05) is 6.42 Å². The van der Waals surface area contributed by atoms with Crippen molar-refractivity contribution in [2.24, 2.45) is 0 Å². The summed E-state index contributed by atoms with van der Waals surface area (Å²) in [6.45, 7) is 0.672. The van der Waals surface area contributed by atoms with Crippen LogP contribution in [0.15, 0.2) is 24.3 Å². The maximum atomic E-state index is 11.8. The molecule has 0 saturated carbocycles. The third kappa shape index (κ3) is 7.03. The van der Waals surface area contributed by atoms with E-state index in [9.17, 15) is 18.3 Å². The highest BCUT2D eigenvalue weighted by Crippen LogP contribution is 2.19.